The normalized spacial score (nSPS) is 14.6. The van der Waals surface area contributed by atoms with Crippen LogP contribution < -0.4 is 5.32 Å². The fourth-order valence-electron chi connectivity index (χ4n) is 3.26. The molecule has 172 valence electrons. The van der Waals surface area contributed by atoms with Crippen molar-refractivity contribution in [2.45, 2.75) is 6.92 Å². The number of hydrogen-bond acceptors (Lipinski definition) is 6. The van der Waals surface area contributed by atoms with E-state index < -0.39 is 29.6 Å². The van der Waals surface area contributed by atoms with Crippen LogP contribution in [0.4, 0.5) is 10.5 Å². The lowest BCUT2D eigenvalue weighted by Gasteiger charge is -2.12. The molecular formula is C24H17ClN2O6S. The molecule has 4 rings (SSSR count). The molecule has 0 bridgehead atoms. The molecule has 0 aliphatic carbocycles. The summed E-state index contributed by atoms with van der Waals surface area (Å²) < 4.78 is 5.71. The minimum Gasteiger partial charge on any atom is -0.478 e. The first-order chi connectivity index (χ1) is 16.2. The lowest BCUT2D eigenvalue weighted by Crippen LogP contribution is -2.36. The summed E-state index contributed by atoms with van der Waals surface area (Å²) in [7, 11) is 0. The Bertz CT molecular complexity index is 1360. The molecule has 1 aromatic heterocycles. The van der Waals surface area contributed by atoms with Crippen LogP contribution in [0, 0.1) is 6.92 Å². The molecule has 2 heterocycles. The maximum Gasteiger partial charge on any atom is 0.337 e. The number of nitrogens with one attached hydrogen (secondary N) is 1. The molecule has 2 aromatic carbocycles. The number of aryl methyl sites for hydroxylation is 1. The second kappa shape index (κ2) is 9.58. The van der Waals surface area contributed by atoms with Crippen LogP contribution in [0.3, 0.4) is 0 Å². The molecular weight excluding hydrogens is 480 g/mol. The molecule has 1 fully saturated rings. The van der Waals surface area contributed by atoms with Gasteiger partial charge in [0.1, 0.15) is 18.1 Å². The maximum absolute atomic E-state index is 12.7. The molecule has 0 saturated carbocycles. The van der Waals surface area contributed by atoms with Gasteiger partial charge in [0.15, 0.2) is 0 Å². The molecule has 0 unspecified atom stereocenters. The molecule has 8 nitrogen and oxygen atoms in total. The number of furan rings is 1. The molecule has 0 atom stereocenters. The Kier molecular flexibility index (Phi) is 6.58. The molecule has 3 amide bonds. The van der Waals surface area contributed by atoms with Crippen LogP contribution in [0.15, 0.2) is 63.9 Å². The topological polar surface area (TPSA) is 117 Å². The number of benzene rings is 2. The highest BCUT2D eigenvalue weighted by atomic mass is 35.5. The van der Waals surface area contributed by atoms with Gasteiger partial charge >= 0.3 is 5.97 Å². The largest absolute Gasteiger partial charge is 0.478 e. The lowest BCUT2D eigenvalue weighted by molar-refractivity contribution is -0.127. The molecule has 10 heteroatoms. The van der Waals surface area contributed by atoms with Gasteiger partial charge in [0, 0.05) is 17.3 Å². The third-order valence-corrected chi connectivity index (χ3v) is 6.10. The van der Waals surface area contributed by atoms with Crippen molar-refractivity contribution in [3.05, 3.63) is 81.4 Å². The fourth-order valence-corrected chi connectivity index (χ4v) is 4.28. The maximum atomic E-state index is 12.7. The number of nitrogens with zero attached hydrogens (tertiary/aromatic N) is 1. The van der Waals surface area contributed by atoms with E-state index in [0.29, 0.717) is 28.8 Å². The first-order valence-electron chi connectivity index (χ1n) is 9.96. The number of hydrogen-bond donors (Lipinski definition) is 2. The number of amides is 3. The molecule has 0 radical (unpaired) electrons. The zero-order chi connectivity index (χ0) is 24.4. The van der Waals surface area contributed by atoms with E-state index in [9.17, 15) is 24.3 Å². The van der Waals surface area contributed by atoms with Crippen molar-refractivity contribution in [3.63, 3.8) is 0 Å². The highest BCUT2D eigenvalue weighted by Crippen LogP contribution is 2.34. The Labute approximate surface area is 203 Å². The summed E-state index contributed by atoms with van der Waals surface area (Å²) in [6.07, 6.45) is 1.40. The van der Waals surface area contributed by atoms with Gasteiger partial charge in [0.25, 0.3) is 11.1 Å². The van der Waals surface area contributed by atoms with E-state index in [0.717, 1.165) is 10.5 Å². The molecule has 34 heavy (non-hydrogen) atoms. The average molecular weight is 497 g/mol. The number of thioether (sulfide) groups is 1. The van der Waals surface area contributed by atoms with E-state index in [2.05, 4.69) is 5.32 Å². The predicted molar refractivity (Wildman–Crippen MR) is 129 cm³/mol. The van der Waals surface area contributed by atoms with Crippen LogP contribution in [-0.2, 0) is 9.59 Å². The summed E-state index contributed by atoms with van der Waals surface area (Å²) in [5.74, 6) is -1.61. The van der Waals surface area contributed by atoms with Gasteiger partial charge in [0.2, 0.25) is 5.91 Å². The SMILES string of the molecule is Cc1cccc(NC(=O)CN2C(=O)SC(=Cc3ccc(-c4ccc(Cl)c(C(=O)O)c4)o3)C2=O)c1. The Morgan fingerprint density at radius 2 is 1.94 bits per heavy atom. The highest BCUT2D eigenvalue weighted by molar-refractivity contribution is 8.18. The Balaban J connectivity index is 1.47. The van der Waals surface area contributed by atoms with Gasteiger partial charge in [-0.15, -0.1) is 0 Å². The van der Waals surface area contributed by atoms with Crippen molar-refractivity contribution in [2.75, 3.05) is 11.9 Å². The zero-order valence-electron chi connectivity index (χ0n) is 17.7. The molecule has 1 saturated heterocycles. The minimum atomic E-state index is -1.17. The average Bonchev–Trinajstić information content (AvgIpc) is 3.34. The van der Waals surface area contributed by atoms with Gasteiger partial charge in [0.05, 0.1) is 15.5 Å². The van der Waals surface area contributed by atoms with E-state index in [-0.39, 0.29) is 21.3 Å². The van der Waals surface area contributed by atoms with Gasteiger partial charge in [-0.05, 0) is 66.7 Å². The Morgan fingerprint density at radius 1 is 1.15 bits per heavy atom. The van der Waals surface area contributed by atoms with E-state index in [1.165, 1.54) is 18.2 Å². The summed E-state index contributed by atoms with van der Waals surface area (Å²) in [5, 5.41) is 11.4. The number of carbonyl (C=O) groups excluding carboxylic acids is 3. The number of carbonyl (C=O) groups is 4. The van der Waals surface area contributed by atoms with Crippen LogP contribution in [-0.4, -0.2) is 39.6 Å². The van der Waals surface area contributed by atoms with Crippen molar-refractivity contribution in [1.29, 1.82) is 0 Å². The van der Waals surface area contributed by atoms with Crippen LogP contribution in [0.1, 0.15) is 21.7 Å². The van der Waals surface area contributed by atoms with E-state index in [1.54, 1.807) is 36.4 Å². The van der Waals surface area contributed by atoms with E-state index in [4.69, 9.17) is 16.0 Å². The van der Waals surface area contributed by atoms with Gasteiger partial charge in [-0.3, -0.25) is 19.3 Å². The number of carboxylic acid groups (broad SMARTS) is 1. The first-order valence-corrected chi connectivity index (χ1v) is 11.2. The van der Waals surface area contributed by atoms with Gasteiger partial charge in [-0.25, -0.2) is 4.79 Å². The van der Waals surface area contributed by atoms with Crippen molar-refractivity contribution in [2.24, 2.45) is 0 Å². The predicted octanol–water partition coefficient (Wildman–Crippen LogP) is 5.28. The van der Waals surface area contributed by atoms with Crippen LogP contribution in [0.5, 0.6) is 0 Å². The second-order valence-corrected chi connectivity index (χ2v) is 8.79. The summed E-state index contributed by atoms with van der Waals surface area (Å²) in [6, 6.07) is 14.8. The molecule has 1 aliphatic rings. The third-order valence-electron chi connectivity index (χ3n) is 4.86. The summed E-state index contributed by atoms with van der Waals surface area (Å²) >= 11 is 6.61. The van der Waals surface area contributed by atoms with E-state index in [1.807, 2.05) is 13.0 Å². The molecule has 3 aromatic rings. The molecule has 1 aliphatic heterocycles. The summed E-state index contributed by atoms with van der Waals surface area (Å²) in [6.45, 7) is 1.47. The van der Waals surface area contributed by atoms with Crippen LogP contribution >= 0.6 is 23.4 Å². The van der Waals surface area contributed by atoms with Crippen molar-refractivity contribution in [1.82, 2.24) is 4.90 Å². The third kappa shape index (κ3) is 5.05. The molecule has 0 spiro atoms. The lowest BCUT2D eigenvalue weighted by atomic mass is 10.1. The quantitative estimate of drug-likeness (QED) is 0.446. The Morgan fingerprint density at radius 3 is 2.68 bits per heavy atom. The van der Waals surface area contributed by atoms with Crippen molar-refractivity contribution >= 4 is 58.1 Å². The minimum absolute atomic E-state index is 0.0674. The fraction of sp³-hybridized carbons (Fsp3) is 0.0833. The number of imide groups is 1. The molecule has 2 N–H and O–H groups in total. The van der Waals surface area contributed by atoms with Crippen LogP contribution in [0.2, 0.25) is 5.02 Å². The number of rotatable bonds is 6. The monoisotopic (exact) mass is 496 g/mol. The summed E-state index contributed by atoms with van der Waals surface area (Å²) in [4.78, 5) is 49.7. The highest BCUT2D eigenvalue weighted by Gasteiger charge is 2.36. The standard InChI is InChI=1S/C24H17ClN2O6S/c1-13-3-2-4-15(9-13)26-21(28)12-27-22(29)20(34-24(27)32)11-16-6-8-19(33-16)14-5-7-18(25)17(10-14)23(30)31/h2-11H,12H2,1H3,(H,26,28)(H,30,31). The first kappa shape index (κ1) is 23.3. The van der Waals surface area contributed by atoms with Crippen LogP contribution in [0.25, 0.3) is 17.4 Å². The van der Waals surface area contributed by atoms with E-state index >= 15 is 0 Å². The van der Waals surface area contributed by atoms with Gasteiger partial charge in [-0.1, -0.05) is 23.7 Å². The zero-order valence-corrected chi connectivity index (χ0v) is 19.3. The smallest absolute Gasteiger partial charge is 0.337 e. The summed E-state index contributed by atoms with van der Waals surface area (Å²) in [5.41, 5.74) is 1.95. The van der Waals surface area contributed by atoms with Crippen molar-refractivity contribution < 1.29 is 28.7 Å². The van der Waals surface area contributed by atoms with Gasteiger partial charge in [-0.2, -0.15) is 0 Å². The number of anilines is 1. The van der Waals surface area contributed by atoms with Crippen molar-refractivity contribution in [3.8, 4) is 11.3 Å². The number of aromatic carboxylic acids is 1. The second-order valence-electron chi connectivity index (χ2n) is 7.39. The Hall–Kier alpha value is -3.82. The number of halogens is 1. The number of carboxylic acids is 1. The van der Waals surface area contributed by atoms with Gasteiger partial charge < -0.3 is 14.8 Å².